The second-order valence-electron chi connectivity index (χ2n) is 4.49. The minimum Gasteiger partial charge on any atom is -0.488 e. The zero-order valence-corrected chi connectivity index (χ0v) is 11.7. The Labute approximate surface area is 121 Å². The molecule has 0 aliphatic carbocycles. The number of nitrogens with one attached hydrogen (secondary N) is 1. The zero-order valence-electron chi connectivity index (χ0n) is 11.0. The molecule has 2 heterocycles. The van der Waals surface area contributed by atoms with Gasteiger partial charge < -0.3 is 14.8 Å². The average Bonchev–Trinajstić information content (AvgIpc) is 2.89. The van der Waals surface area contributed by atoms with E-state index in [4.69, 9.17) is 21.1 Å². The molecule has 5 nitrogen and oxygen atoms in total. The Morgan fingerprint density at radius 3 is 3.10 bits per heavy atom. The first-order valence-electron chi connectivity index (χ1n) is 6.31. The number of hydrogen-bond donors (Lipinski definition) is 1. The fourth-order valence-corrected chi connectivity index (χ4v) is 2.31. The number of rotatable bonds is 4. The van der Waals surface area contributed by atoms with Crippen LogP contribution in [0.3, 0.4) is 0 Å². The predicted octanol–water partition coefficient (Wildman–Crippen LogP) is 2.55. The van der Waals surface area contributed by atoms with Gasteiger partial charge in [-0.2, -0.15) is 4.98 Å². The van der Waals surface area contributed by atoms with Crippen LogP contribution in [0.5, 0.6) is 11.8 Å². The summed E-state index contributed by atoms with van der Waals surface area (Å²) in [4.78, 5) is 8.10. The Hall–Kier alpha value is -2.01. The van der Waals surface area contributed by atoms with Crippen molar-refractivity contribution in [3.8, 4) is 11.8 Å². The Bertz CT molecular complexity index is 596. The van der Waals surface area contributed by atoms with Gasteiger partial charge in [-0.1, -0.05) is 29.8 Å². The SMILES string of the molecule is COc1ncc(Cl)c(NCC2Cc3ccccc3O2)n1. The van der Waals surface area contributed by atoms with Gasteiger partial charge in [-0.3, -0.25) is 0 Å². The lowest BCUT2D eigenvalue weighted by Gasteiger charge is -2.13. The van der Waals surface area contributed by atoms with Crippen molar-refractivity contribution in [2.75, 3.05) is 19.0 Å². The van der Waals surface area contributed by atoms with Crippen LogP contribution in [0.15, 0.2) is 30.5 Å². The van der Waals surface area contributed by atoms with Gasteiger partial charge in [0.1, 0.15) is 16.9 Å². The highest BCUT2D eigenvalue weighted by Crippen LogP contribution is 2.28. The van der Waals surface area contributed by atoms with Gasteiger partial charge in [0.05, 0.1) is 19.9 Å². The molecule has 0 radical (unpaired) electrons. The van der Waals surface area contributed by atoms with Crippen LogP contribution in [-0.4, -0.2) is 29.7 Å². The first-order valence-corrected chi connectivity index (χ1v) is 6.69. The van der Waals surface area contributed by atoms with Crippen molar-refractivity contribution in [1.82, 2.24) is 9.97 Å². The third kappa shape index (κ3) is 2.63. The minimum atomic E-state index is 0.0735. The molecule has 3 rings (SSSR count). The van der Waals surface area contributed by atoms with E-state index in [0.29, 0.717) is 17.4 Å². The van der Waals surface area contributed by atoms with Crippen molar-refractivity contribution in [3.05, 3.63) is 41.0 Å². The van der Waals surface area contributed by atoms with Crippen molar-refractivity contribution in [2.24, 2.45) is 0 Å². The third-order valence-electron chi connectivity index (χ3n) is 3.12. The first kappa shape index (κ1) is 13.0. The number of fused-ring (bicyclic) bond motifs is 1. The topological polar surface area (TPSA) is 56.3 Å². The van der Waals surface area contributed by atoms with Gasteiger partial charge in [-0.25, -0.2) is 4.98 Å². The lowest BCUT2D eigenvalue weighted by molar-refractivity contribution is 0.246. The summed E-state index contributed by atoms with van der Waals surface area (Å²) < 4.78 is 10.8. The number of methoxy groups -OCH3 is 1. The third-order valence-corrected chi connectivity index (χ3v) is 3.39. The molecule has 1 atom stereocenters. The van der Waals surface area contributed by atoms with E-state index in [1.54, 1.807) is 0 Å². The molecule has 0 fully saturated rings. The summed E-state index contributed by atoms with van der Waals surface area (Å²) in [6, 6.07) is 8.34. The van der Waals surface area contributed by atoms with Gasteiger partial charge in [-0.05, 0) is 11.6 Å². The summed E-state index contributed by atoms with van der Waals surface area (Å²) >= 11 is 6.04. The molecule has 1 aliphatic rings. The number of halogens is 1. The molecule has 0 amide bonds. The van der Waals surface area contributed by atoms with Crippen LogP contribution in [0.25, 0.3) is 0 Å². The average molecular weight is 292 g/mol. The van der Waals surface area contributed by atoms with E-state index in [0.717, 1.165) is 12.2 Å². The van der Waals surface area contributed by atoms with Gasteiger partial charge in [-0.15, -0.1) is 0 Å². The highest BCUT2D eigenvalue weighted by atomic mass is 35.5. The highest BCUT2D eigenvalue weighted by Gasteiger charge is 2.22. The summed E-state index contributed by atoms with van der Waals surface area (Å²) in [6.45, 7) is 0.620. The van der Waals surface area contributed by atoms with E-state index in [-0.39, 0.29) is 12.1 Å². The molecule has 1 aliphatic heterocycles. The normalized spacial score (nSPS) is 16.4. The quantitative estimate of drug-likeness (QED) is 0.938. The van der Waals surface area contributed by atoms with Crippen LogP contribution < -0.4 is 14.8 Å². The van der Waals surface area contributed by atoms with E-state index in [9.17, 15) is 0 Å². The van der Waals surface area contributed by atoms with E-state index >= 15 is 0 Å². The van der Waals surface area contributed by atoms with E-state index in [1.165, 1.54) is 18.9 Å². The van der Waals surface area contributed by atoms with E-state index < -0.39 is 0 Å². The molecule has 104 valence electrons. The number of anilines is 1. The lowest BCUT2D eigenvalue weighted by atomic mass is 10.1. The molecule has 0 saturated carbocycles. The van der Waals surface area contributed by atoms with Crippen LogP contribution >= 0.6 is 11.6 Å². The molecule has 1 N–H and O–H groups in total. The number of aromatic nitrogens is 2. The van der Waals surface area contributed by atoms with Crippen molar-refractivity contribution in [1.29, 1.82) is 0 Å². The summed E-state index contributed by atoms with van der Waals surface area (Å²) in [5.74, 6) is 1.50. The molecule has 1 aromatic carbocycles. The van der Waals surface area contributed by atoms with Gasteiger partial charge >= 0.3 is 6.01 Å². The number of hydrogen-bond acceptors (Lipinski definition) is 5. The summed E-state index contributed by atoms with van der Waals surface area (Å²) in [5.41, 5.74) is 1.23. The molecular formula is C14H14ClN3O2. The largest absolute Gasteiger partial charge is 0.488 e. The summed E-state index contributed by atoms with van der Waals surface area (Å²) in [6.07, 6.45) is 2.47. The zero-order chi connectivity index (χ0) is 13.9. The van der Waals surface area contributed by atoms with Crippen molar-refractivity contribution in [2.45, 2.75) is 12.5 Å². The Balaban J connectivity index is 1.64. The van der Waals surface area contributed by atoms with Gasteiger partial charge in [0, 0.05) is 6.42 Å². The molecule has 0 bridgehead atoms. The maximum Gasteiger partial charge on any atom is 0.318 e. The molecule has 20 heavy (non-hydrogen) atoms. The molecule has 6 heteroatoms. The maximum absolute atomic E-state index is 6.04. The van der Waals surface area contributed by atoms with E-state index in [2.05, 4.69) is 21.4 Å². The number of benzene rings is 1. The fourth-order valence-electron chi connectivity index (χ4n) is 2.15. The standard InChI is InChI=1S/C14H14ClN3O2/c1-19-14-17-8-11(15)13(18-14)16-7-10-6-9-4-2-3-5-12(9)20-10/h2-5,8,10H,6-7H2,1H3,(H,16,17,18). The maximum atomic E-state index is 6.04. The minimum absolute atomic E-state index is 0.0735. The second kappa shape index (κ2) is 5.54. The van der Waals surface area contributed by atoms with Crippen molar-refractivity contribution >= 4 is 17.4 Å². The Morgan fingerprint density at radius 1 is 1.45 bits per heavy atom. The number of ether oxygens (including phenoxy) is 2. The molecule has 0 saturated heterocycles. The van der Waals surface area contributed by atoms with Gasteiger partial charge in [0.2, 0.25) is 0 Å². The predicted molar refractivity (Wildman–Crippen MR) is 76.6 cm³/mol. The summed E-state index contributed by atoms with van der Waals surface area (Å²) in [7, 11) is 1.52. The Morgan fingerprint density at radius 2 is 2.30 bits per heavy atom. The highest BCUT2D eigenvalue weighted by molar-refractivity contribution is 6.32. The fraction of sp³-hybridized carbons (Fsp3) is 0.286. The summed E-state index contributed by atoms with van der Waals surface area (Å²) in [5, 5.41) is 3.64. The van der Waals surface area contributed by atoms with Crippen molar-refractivity contribution < 1.29 is 9.47 Å². The van der Waals surface area contributed by atoms with Crippen molar-refractivity contribution in [3.63, 3.8) is 0 Å². The molecule has 1 aromatic heterocycles. The van der Waals surface area contributed by atoms with Crippen LogP contribution in [0.4, 0.5) is 5.82 Å². The molecule has 0 spiro atoms. The van der Waals surface area contributed by atoms with E-state index in [1.807, 2.05) is 18.2 Å². The first-order chi connectivity index (χ1) is 9.76. The van der Waals surface area contributed by atoms with Crippen LogP contribution in [-0.2, 0) is 6.42 Å². The Kier molecular flexibility index (Phi) is 3.60. The number of nitrogens with zero attached hydrogens (tertiary/aromatic N) is 2. The molecule has 1 unspecified atom stereocenters. The van der Waals surface area contributed by atoms with Crippen LogP contribution in [0.2, 0.25) is 5.02 Å². The monoisotopic (exact) mass is 291 g/mol. The van der Waals surface area contributed by atoms with Gasteiger partial charge in [0.25, 0.3) is 0 Å². The molecule has 2 aromatic rings. The molecular weight excluding hydrogens is 278 g/mol. The second-order valence-corrected chi connectivity index (χ2v) is 4.89. The van der Waals surface area contributed by atoms with Crippen LogP contribution in [0.1, 0.15) is 5.56 Å². The van der Waals surface area contributed by atoms with Crippen LogP contribution in [0, 0.1) is 0 Å². The number of para-hydroxylation sites is 1. The lowest BCUT2D eigenvalue weighted by Crippen LogP contribution is -2.24. The van der Waals surface area contributed by atoms with Gasteiger partial charge in [0.15, 0.2) is 5.82 Å². The smallest absolute Gasteiger partial charge is 0.318 e.